The van der Waals surface area contributed by atoms with E-state index in [4.69, 9.17) is 0 Å². The van der Waals surface area contributed by atoms with E-state index in [1.165, 1.54) is 27.8 Å². The summed E-state index contributed by atoms with van der Waals surface area (Å²) in [6, 6.07) is 14.8. The molecule has 2 aromatic carbocycles. The van der Waals surface area contributed by atoms with E-state index in [0.717, 1.165) is 6.42 Å². The molecule has 3 rings (SSSR count). The van der Waals surface area contributed by atoms with E-state index in [1.807, 2.05) is 0 Å². The smallest absolute Gasteiger partial charge is 0.0894 e. The lowest BCUT2D eigenvalue weighted by atomic mass is 9.99. The molecular formula is C16H14O. The summed E-state index contributed by atoms with van der Waals surface area (Å²) < 4.78 is 0. The van der Waals surface area contributed by atoms with Crippen LogP contribution in [0, 0.1) is 0 Å². The zero-order valence-corrected chi connectivity index (χ0v) is 9.61. The number of benzene rings is 2. The van der Waals surface area contributed by atoms with Gasteiger partial charge in [0, 0.05) is 6.42 Å². The van der Waals surface area contributed by atoms with Crippen molar-refractivity contribution < 1.29 is 5.11 Å². The summed E-state index contributed by atoms with van der Waals surface area (Å²) in [5, 5.41) is 9.36. The van der Waals surface area contributed by atoms with Gasteiger partial charge >= 0.3 is 0 Å². The summed E-state index contributed by atoms with van der Waals surface area (Å²) in [6.45, 7) is 3.58. The Balaban J connectivity index is 2.14. The van der Waals surface area contributed by atoms with Gasteiger partial charge in [-0.15, -0.1) is 0 Å². The van der Waals surface area contributed by atoms with Crippen molar-refractivity contribution in [3.05, 3.63) is 71.5 Å². The molecule has 0 spiro atoms. The fraction of sp³-hybridized carbons (Fsp3) is 0.125. The summed E-state index contributed by atoms with van der Waals surface area (Å²) in [4.78, 5) is 0. The van der Waals surface area contributed by atoms with E-state index in [0.29, 0.717) is 6.42 Å². The summed E-state index contributed by atoms with van der Waals surface area (Å²) in [5.74, 6) is 0.231. The molecule has 1 aliphatic carbocycles. The molecule has 17 heavy (non-hydrogen) atoms. The topological polar surface area (TPSA) is 20.2 Å². The number of allylic oxidation sites excluding steroid dienone is 1. The third-order valence-electron chi connectivity index (χ3n) is 3.34. The minimum Gasteiger partial charge on any atom is -0.513 e. The Morgan fingerprint density at radius 1 is 1.06 bits per heavy atom. The highest BCUT2D eigenvalue weighted by molar-refractivity contribution is 5.77. The number of rotatable bonds is 2. The Morgan fingerprint density at radius 2 is 1.82 bits per heavy atom. The molecule has 2 aromatic rings. The molecule has 0 aromatic heterocycles. The van der Waals surface area contributed by atoms with Gasteiger partial charge in [-0.1, -0.05) is 49.0 Å². The van der Waals surface area contributed by atoms with E-state index in [1.54, 1.807) is 0 Å². The fourth-order valence-electron chi connectivity index (χ4n) is 2.61. The van der Waals surface area contributed by atoms with Crippen LogP contribution in [0.4, 0.5) is 0 Å². The van der Waals surface area contributed by atoms with Crippen LogP contribution in [0.5, 0.6) is 0 Å². The monoisotopic (exact) mass is 222 g/mol. The molecule has 1 N–H and O–H groups in total. The molecule has 0 saturated carbocycles. The molecule has 0 heterocycles. The lowest BCUT2D eigenvalue weighted by Crippen LogP contribution is -1.94. The maximum Gasteiger partial charge on any atom is 0.0894 e. The quantitative estimate of drug-likeness (QED) is 0.652. The molecule has 84 valence electrons. The number of hydrogen-bond acceptors (Lipinski definition) is 1. The van der Waals surface area contributed by atoms with Crippen molar-refractivity contribution in [2.24, 2.45) is 0 Å². The first-order valence-electron chi connectivity index (χ1n) is 5.81. The summed E-state index contributed by atoms with van der Waals surface area (Å²) in [6.07, 6.45) is 1.52. The van der Waals surface area contributed by atoms with Crippen molar-refractivity contribution in [2.75, 3.05) is 0 Å². The molecule has 0 unspecified atom stereocenters. The maximum atomic E-state index is 9.36. The van der Waals surface area contributed by atoms with Gasteiger partial charge in [0.1, 0.15) is 0 Å². The van der Waals surface area contributed by atoms with Crippen LogP contribution in [-0.4, -0.2) is 5.11 Å². The van der Waals surface area contributed by atoms with E-state index >= 15 is 0 Å². The van der Waals surface area contributed by atoms with Gasteiger partial charge in [0.2, 0.25) is 0 Å². The molecule has 0 bridgehead atoms. The number of fused-ring (bicyclic) bond motifs is 3. The third-order valence-corrected chi connectivity index (χ3v) is 3.34. The average molecular weight is 222 g/mol. The SMILES string of the molecule is C=C(O)Cc1cccc2c1Cc1ccccc1-2. The number of hydrogen-bond donors (Lipinski definition) is 1. The van der Waals surface area contributed by atoms with Crippen molar-refractivity contribution in [2.45, 2.75) is 12.8 Å². The van der Waals surface area contributed by atoms with Crippen LogP contribution in [0.15, 0.2) is 54.8 Å². The van der Waals surface area contributed by atoms with Crippen molar-refractivity contribution in [3.8, 4) is 11.1 Å². The van der Waals surface area contributed by atoms with Crippen LogP contribution in [0.1, 0.15) is 16.7 Å². The first kappa shape index (κ1) is 10.2. The van der Waals surface area contributed by atoms with Crippen LogP contribution in [0.3, 0.4) is 0 Å². The standard InChI is InChI=1S/C16H14O/c1-11(17)9-12-6-4-8-15-14-7-3-2-5-13(14)10-16(12)15/h2-8,17H,1,9-10H2. The van der Waals surface area contributed by atoms with Gasteiger partial charge in [-0.2, -0.15) is 0 Å². The highest BCUT2D eigenvalue weighted by atomic mass is 16.3. The van der Waals surface area contributed by atoms with E-state index in [9.17, 15) is 5.11 Å². The third kappa shape index (κ3) is 1.64. The number of aliphatic hydroxyl groups is 1. The van der Waals surface area contributed by atoms with Crippen LogP contribution < -0.4 is 0 Å². The molecule has 0 fully saturated rings. The van der Waals surface area contributed by atoms with Crippen molar-refractivity contribution in [1.29, 1.82) is 0 Å². The van der Waals surface area contributed by atoms with Crippen LogP contribution in [0.2, 0.25) is 0 Å². The minimum atomic E-state index is 0.231. The Kier molecular flexibility index (Phi) is 2.25. The van der Waals surface area contributed by atoms with Gasteiger partial charge in [-0.25, -0.2) is 0 Å². The Morgan fingerprint density at radius 3 is 2.65 bits per heavy atom. The van der Waals surface area contributed by atoms with E-state index in [-0.39, 0.29) is 5.76 Å². The van der Waals surface area contributed by atoms with Gasteiger partial charge in [0.25, 0.3) is 0 Å². The molecular weight excluding hydrogens is 208 g/mol. The minimum absolute atomic E-state index is 0.231. The largest absolute Gasteiger partial charge is 0.513 e. The second kappa shape index (κ2) is 3.77. The van der Waals surface area contributed by atoms with Gasteiger partial charge in [-0.05, 0) is 34.2 Å². The predicted molar refractivity (Wildman–Crippen MR) is 70.2 cm³/mol. The first-order valence-corrected chi connectivity index (χ1v) is 5.81. The molecule has 0 saturated heterocycles. The fourth-order valence-corrected chi connectivity index (χ4v) is 2.61. The zero-order chi connectivity index (χ0) is 11.8. The Labute approximate surface area is 101 Å². The maximum absolute atomic E-state index is 9.36. The van der Waals surface area contributed by atoms with Gasteiger partial charge in [-0.3, -0.25) is 0 Å². The zero-order valence-electron chi connectivity index (χ0n) is 9.61. The number of aliphatic hydroxyl groups excluding tert-OH is 1. The highest BCUT2D eigenvalue weighted by Gasteiger charge is 2.20. The van der Waals surface area contributed by atoms with E-state index in [2.05, 4.69) is 49.0 Å². The van der Waals surface area contributed by atoms with E-state index < -0.39 is 0 Å². The summed E-state index contributed by atoms with van der Waals surface area (Å²) in [7, 11) is 0. The molecule has 1 aliphatic rings. The van der Waals surface area contributed by atoms with Gasteiger partial charge in [0.15, 0.2) is 0 Å². The lowest BCUT2D eigenvalue weighted by Gasteiger charge is -2.07. The molecule has 1 nitrogen and oxygen atoms in total. The van der Waals surface area contributed by atoms with Crippen molar-refractivity contribution >= 4 is 0 Å². The highest BCUT2D eigenvalue weighted by Crippen LogP contribution is 2.38. The Bertz CT molecular complexity index is 596. The molecule has 0 atom stereocenters. The molecule has 0 radical (unpaired) electrons. The predicted octanol–water partition coefficient (Wildman–Crippen LogP) is 3.87. The molecule has 1 heteroatoms. The second-order valence-electron chi connectivity index (χ2n) is 4.52. The van der Waals surface area contributed by atoms with Crippen molar-refractivity contribution in [3.63, 3.8) is 0 Å². The summed E-state index contributed by atoms with van der Waals surface area (Å²) >= 11 is 0. The second-order valence-corrected chi connectivity index (χ2v) is 4.52. The van der Waals surface area contributed by atoms with Crippen LogP contribution in [-0.2, 0) is 12.8 Å². The van der Waals surface area contributed by atoms with Crippen LogP contribution >= 0.6 is 0 Å². The molecule has 0 aliphatic heterocycles. The summed E-state index contributed by atoms with van der Waals surface area (Å²) in [5.41, 5.74) is 6.53. The van der Waals surface area contributed by atoms with Crippen molar-refractivity contribution in [1.82, 2.24) is 0 Å². The molecule has 0 amide bonds. The average Bonchev–Trinajstić information content (AvgIpc) is 2.68. The van der Waals surface area contributed by atoms with Gasteiger partial charge < -0.3 is 5.11 Å². The lowest BCUT2D eigenvalue weighted by molar-refractivity contribution is 0.401. The normalized spacial score (nSPS) is 12.0. The van der Waals surface area contributed by atoms with Crippen LogP contribution in [0.25, 0.3) is 11.1 Å². The Hall–Kier alpha value is -2.02. The van der Waals surface area contributed by atoms with Gasteiger partial charge in [0.05, 0.1) is 5.76 Å². The first-order chi connectivity index (χ1) is 8.25.